The number of nitrogens with one attached hydrogen (secondary N) is 1. The number of rotatable bonds is 3. The molecule has 0 saturated carbocycles. The van der Waals surface area contributed by atoms with E-state index < -0.39 is 0 Å². The van der Waals surface area contributed by atoms with Crippen LogP contribution in [0.1, 0.15) is 11.1 Å². The Labute approximate surface area is 124 Å². The maximum Gasteiger partial charge on any atom is 0.227 e. The van der Waals surface area contributed by atoms with Crippen LogP contribution in [0, 0.1) is 13.8 Å². The van der Waals surface area contributed by atoms with E-state index in [2.05, 4.69) is 46.5 Å². The highest BCUT2D eigenvalue weighted by Gasteiger charge is 2.06. The van der Waals surface area contributed by atoms with Gasteiger partial charge in [0, 0.05) is 17.4 Å². The number of benzene rings is 2. The van der Waals surface area contributed by atoms with Crippen LogP contribution in [0.2, 0.25) is 0 Å². The Bertz CT molecular complexity index is 734. The van der Waals surface area contributed by atoms with Gasteiger partial charge in [-0.05, 0) is 31.5 Å². The summed E-state index contributed by atoms with van der Waals surface area (Å²) < 4.78 is 0. The fourth-order valence-corrected chi connectivity index (χ4v) is 2.16. The molecule has 0 saturated heterocycles. The lowest BCUT2D eigenvalue weighted by molar-refractivity contribution is 1.13. The molecule has 3 rings (SSSR count). The molecule has 2 aromatic carbocycles. The predicted octanol–water partition coefficient (Wildman–Crippen LogP) is 4.50. The second kappa shape index (κ2) is 5.75. The molecule has 0 bridgehead atoms. The van der Waals surface area contributed by atoms with E-state index in [1.807, 2.05) is 43.5 Å². The molecule has 0 aliphatic carbocycles. The zero-order valence-corrected chi connectivity index (χ0v) is 12.2. The van der Waals surface area contributed by atoms with Gasteiger partial charge in [-0.3, -0.25) is 0 Å². The first-order valence-electron chi connectivity index (χ1n) is 6.95. The third kappa shape index (κ3) is 3.08. The van der Waals surface area contributed by atoms with Crippen LogP contribution >= 0.6 is 0 Å². The summed E-state index contributed by atoms with van der Waals surface area (Å²) in [6, 6.07) is 18.3. The van der Waals surface area contributed by atoms with Gasteiger partial charge in [0.25, 0.3) is 0 Å². The molecule has 1 N–H and O–H groups in total. The van der Waals surface area contributed by atoms with E-state index in [1.54, 1.807) is 0 Å². The van der Waals surface area contributed by atoms with Crippen molar-refractivity contribution in [3.8, 4) is 11.3 Å². The van der Waals surface area contributed by atoms with Gasteiger partial charge in [-0.25, -0.2) is 9.97 Å². The summed E-state index contributed by atoms with van der Waals surface area (Å²) in [4.78, 5) is 9.00. The highest BCUT2D eigenvalue weighted by atomic mass is 15.1. The number of anilines is 2. The van der Waals surface area contributed by atoms with E-state index >= 15 is 0 Å². The van der Waals surface area contributed by atoms with Crippen molar-refractivity contribution in [2.24, 2.45) is 0 Å². The van der Waals surface area contributed by atoms with Crippen molar-refractivity contribution in [2.75, 3.05) is 5.32 Å². The average Bonchev–Trinajstić information content (AvgIpc) is 2.51. The van der Waals surface area contributed by atoms with Crippen molar-refractivity contribution in [3.05, 3.63) is 71.9 Å². The van der Waals surface area contributed by atoms with E-state index in [4.69, 9.17) is 0 Å². The second-order valence-corrected chi connectivity index (χ2v) is 5.08. The SMILES string of the molecule is Cc1ccc(-c2nc(Nc3ccccc3)ncc2C)cc1. The first-order valence-corrected chi connectivity index (χ1v) is 6.95. The first-order chi connectivity index (χ1) is 10.2. The smallest absolute Gasteiger partial charge is 0.227 e. The van der Waals surface area contributed by atoms with Crippen LogP contribution < -0.4 is 5.32 Å². The lowest BCUT2D eigenvalue weighted by atomic mass is 10.1. The molecule has 21 heavy (non-hydrogen) atoms. The Hall–Kier alpha value is -2.68. The van der Waals surface area contributed by atoms with E-state index in [9.17, 15) is 0 Å². The van der Waals surface area contributed by atoms with Crippen LogP contribution in [0.25, 0.3) is 11.3 Å². The lowest BCUT2D eigenvalue weighted by Crippen LogP contribution is -1.99. The Morgan fingerprint density at radius 2 is 1.57 bits per heavy atom. The highest BCUT2D eigenvalue weighted by molar-refractivity contribution is 5.65. The molecule has 0 atom stereocenters. The number of hydrogen-bond acceptors (Lipinski definition) is 3. The number of hydrogen-bond donors (Lipinski definition) is 1. The summed E-state index contributed by atoms with van der Waals surface area (Å²) in [7, 11) is 0. The van der Waals surface area contributed by atoms with Crippen LogP contribution in [-0.2, 0) is 0 Å². The van der Waals surface area contributed by atoms with Gasteiger partial charge in [0.2, 0.25) is 5.95 Å². The van der Waals surface area contributed by atoms with Crippen molar-refractivity contribution in [2.45, 2.75) is 13.8 Å². The molecule has 0 spiro atoms. The molecule has 0 radical (unpaired) electrons. The topological polar surface area (TPSA) is 37.8 Å². The summed E-state index contributed by atoms with van der Waals surface area (Å²) in [5.41, 5.74) is 5.36. The molecule has 3 aromatic rings. The zero-order chi connectivity index (χ0) is 14.7. The molecular formula is C18H17N3. The third-order valence-electron chi connectivity index (χ3n) is 3.33. The van der Waals surface area contributed by atoms with Gasteiger partial charge < -0.3 is 5.32 Å². The van der Waals surface area contributed by atoms with Crippen LogP contribution in [-0.4, -0.2) is 9.97 Å². The van der Waals surface area contributed by atoms with Crippen LogP contribution in [0.3, 0.4) is 0 Å². The van der Waals surface area contributed by atoms with Gasteiger partial charge >= 0.3 is 0 Å². The summed E-state index contributed by atoms with van der Waals surface area (Å²) in [5.74, 6) is 0.613. The summed E-state index contributed by atoms with van der Waals surface area (Å²) in [5, 5.41) is 3.23. The van der Waals surface area contributed by atoms with Crippen molar-refractivity contribution >= 4 is 11.6 Å². The van der Waals surface area contributed by atoms with E-state index in [0.29, 0.717) is 5.95 Å². The Kier molecular flexibility index (Phi) is 3.65. The molecule has 3 nitrogen and oxygen atoms in total. The standard InChI is InChI=1S/C18H17N3/c1-13-8-10-15(11-9-13)17-14(2)12-19-18(21-17)20-16-6-4-3-5-7-16/h3-12H,1-2H3,(H,19,20,21). The summed E-state index contributed by atoms with van der Waals surface area (Å²) in [6.07, 6.45) is 1.85. The molecular weight excluding hydrogens is 258 g/mol. The molecule has 1 aromatic heterocycles. The summed E-state index contributed by atoms with van der Waals surface area (Å²) in [6.45, 7) is 4.11. The van der Waals surface area contributed by atoms with Crippen LogP contribution in [0.5, 0.6) is 0 Å². The van der Waals surface area contributed by atoms with Gasteiger partial charge in [0.1, 0.15) is 0 Å². The molecule has 3 heteroatoms. The molecule has 104 valence electrons. The number of para-hydroxylation sites is 1. The Morgan fingerprint density at radius 3 is 2.29 bits per heavy atom. The molecule has 0 fully saturated rings. The predicted molar refractivity (Wildman–Crippen MR) is 86.7 cm³/mol. The van der Waals surface area contributed by atoms with E-state index in [-0.39, 0.29) is 0 Å². The summed E-state index contributed by atoms with van der Waals surface area (Å²) >= 11 is 0. The third-order valence-corrected chi connectivity index (χ3v) is 3.33. The van der Waals surface area contributed by atoms with E-state index in [0.717, 1.165) is 22.5 Å². The second-order valence-electron chi connectivity index (χ2n) is 5.08. The van der Waals surface area contributed by atoms with Crippen molar-refractivity contribution < 1.29 is 0 Å². The maximum absolute atomic E-state index is 4.65. The van der Waals surface area contributed by atoms with Gasteiger partial charge in [0.15, 0.2) is 0 Å². The Balaban J connectivity index is 1.94. The fraction of sp³-hybridized carbons (Fsp3) is 0.111. The van der Waals surface area contributed by atoms with Crippen molar-refractivity contribution in [3.63, 3.8) is 0 Å². The number of nitrogens with zero attached hydrogens (tertiary/aromatic N) is 2. The average molecular weight is 275 g/mol. The maximum atomic E-state index is 4.65. The number of aromatic nitrogens is 2. The molecule has 0 amide bonds. The van der Waals surface area contributed by atoms with Gasteiger partial charge in [-0.15, -0.1) is 0 Å². The van der Waals surface area contributed by atoms with Crippen molar-refractivity contribution in [1.82, 2.24) is 9.97 Å². The monoisotopic (exact) mass is 275 g/mol. The van der Waals surface area contributed by atoms with Gasteiger partial charge in [-0.2, -0.15) is 0 Å². The normalized spacial score (nSPS) is 10.4. The first kappa shape index (κ1) is 13.3. The quantitative estimate of drug-likeness (QED) is 0.764. The van der Waals surface area contributed by atoms with Crippen LogP contribution in [0.4, 0.5) is 11.6 Å². The minimum absolute atomic E-state index is 0.613. The Morgan fingerprint density at radius 1 is 0.857 bits per heavy atom. The molecule has 0 unspecified atom stereocenters. The van der Waals surface area contributed by atoms with Crippen molar-refractivity contribution in [1.29, 1.82) is 0 Å². The largest absolute Gasteiger partial charge is 0.324 e. The molecule has 0 aliphatic heterocycles. The lowest BCUT2D eigenvalue weighted by Gasteiger charge is -2.09. The minimum atomic E-state index is 0.613. The minimum Gasteiger partial charge on any atom is -0.324 e. The van der Waals surface area contributed by atoms with Gasteiger partial charge in [0.05, 0.1) is 5.69 Å². The fourth-order valence-electron chi connectivity index (χ4n) is 2.16. The van der Waals surface area contributed by atoms with Gasteiger partial charge in [-0.1, -0.05) is 48.0 Å². The van der Waals surface area contributed by atoms with E-state index in [1.165, 1.54) is 5.56 Å². The number of aryl methyl sites for hydroxylation is 2. The highest BCUT2D eigenvalue weighted by Crippen LogP contribution is 2.23. The zero-order valence-electron chi connectivity index (χ0n) is 12.2. The molecule has 0 aliphatic rings. The molecule has 1 heterocycles. The van der Waals surface area contributed by atoms with Crippen LogP contribution in [0.15, 0.2) is 60.8 Å².